The topological polar surface area (TPSA) is 37.4 Å². The number of rotatable bonds is 4. The Bertz CT molecular complexity index is 962. The van der Waals surface area contributed by atoms with Gasteiger partial charge in [0.25, 0.3) is 0 Å². The van der Waals surface area contributed by atoms with Gasteiger partial charge in [0.1, 0.15) is 0 Å². The summed E-state index contributed by atoms with van der Waals surface area (Å²) in [5, 5.41) is 0. The van der Waals surface area contributed by atoms with Crippen molar-refractivity contribution in [1.82, 2.24) is 4.90 Å². The van der Waals surface area contributed by atoms with Gasteiger partial charge in [0.15, 0.2) is 0 Å². The Morgan fingerprint density at radius 1 is 0.929 bits per heavy atom. The minimum Gasteiger partial charge on any atom is -0.274 e. The first-order valence-corrected chi connectivity index (χ1v) is 10.0. The SMILES string of the molecule is CCC(c1ccccc1)N1C(=O)[C@H]2[C@H](c3ccccc3)C3C=CC2(C=C3)C1=O. The molecule has 2 aromatic rings. The van der Waals surface area contributed by atoms with E-state index in [1.807, 2.05) is 67.6 Å². The van der Waals surface area contributed by atoms with Crippen LogP contribution in [0.2, 0.25) is 0 Å². The minimum absolute atomic E-state index is 0.00549. The van der Waals surface area contributed by atoms with Crippen LogP contribution < -0.4 is 0 Å². The molecule has 2 aromatic carbocycles. The van der Waals surface area contributed by atoms with Gasteiger partial charge in [-0.3, -0.25) is 14.5 Å². The molecule has 1 fully saturated rings. The molecule has 3 atom stereocenters. The highest BCUT2D eigenvalue weighted by atomic mass is 16.2. The van der Waals surface area contributed by atoms with Crippen molar-refractivity contribution in [2.24, 2.45) is 17.3 Å². The fraction of sp³-hybridized carbons (Fsp3) is 0.280. The Kier molecular flexibility index (Phi) is 3.87. The first kappa shape index (κ1) is 17.2. The van der Waals surface area contributed by atoms with Crippen molar-refractivity contribution < 1.29 is 9.59 Å². The van der Waals surface area contributed by atoms with Crippen LogP contribution in [-0.2, 0) is 9.59 Å². The van der Waals surface area contributed by atoms with E-state index >= 15 is 0 Å². The third kappa shape index (κ3) is 2.22. The maximum Gasteiger partial charge on any atom is 0.244 e. The van der Waals surface area contributed by atoms with Crippen LogP contribution in [0.1, 0.15) is 36.4 Å². The number of allylic oxidation sites excluding steroid dienone is 2. The van der Waals surface area contributed by atoms with E-state index < -0.39 is 5.41 Å². The van der Waals surface area contributed by atoms with E-state index in [4.69, 9.17) is 0 Å². The smallest absolute Gasteiger partial charge is 0.244 e. The van der Waals surface area contributed by atoms with Gasteiger partial charge >= 0.3 is 0 Å². The van der Waals surface area contributed by atoms with Gasteiger partial charge in [0.2, 0.25) is 11.8 Å². The molecule has 3 nitrogen and oxygen atoms in total. The molecule has 1 saturated heterocycles. The van der Waals surface area contributed by atoms with Crippen molar-refractivity contribution >= 4 is 11.8 Å². The monoisotopic (exact) mass is 369 g/mol. The zero-order valence-electron chi connectivity index (χ0n) is 15.9. The molecule has 28 heavy (non-hydrogen) atoms. The fourth-order valence-electron chi connectivity index (χ4n) is 5.35. The first-order valence-electron chi connectivity index (χ1n) is 10.0. The van der Waals surface area contributed by atoms with Gasteiger partial charge in [-0.1, -0.05) is 91.9 Å². The van der Waals surface area contributed by atoms with E-state index in [1.54, 1.807) is 4.90 Å². The summed E-state index contributed by atoms with van der Waals surface area (Å²) in [4.78, 5) is 29.0. The number of hydrogen-bond acceptors (Lipinski definition) is 2. The molecule has 1 spiro atoms. The molecule has 2 amide bonds. The van der Waals surface area contributed by atoms with E-state index in [9.17, 15) is 9.59 Å². The molecule has 140 valence electrons. The Labute approximate surface area is 165 Å². The van der Waals surface area contributed by atoms with Crippen LogP contribution >= 0.6 is 0 Å². The molecule has 6 rings (SSSR count). The number of carbonyl (C=O) groups excluding carboxylic acids is 2. The lowest BCUT2D eigenvalue weighted by Crippen LogP contribution is -2.42. The lowest BCUT2D eigenvalue weighted by Gasteiger charge is -2.42. The van der Waals surface area contributed by atoms with Crippen molar-refractivity contribution in [1.29, 1.82) is 0 Å². The summed E-state index contributed by atoms with van der Waals surface area (Å²) >= 11 is 0. The average molecular weight is 369 g/mol. The summed E-state index contributed by atoms with van der Waals surface area (Å²) in [5.74, 6) is -0.313. The third-order valence-corrected chi connectivity index (χ3v) is 6.64. The van der Waals surface area contributed by atoms with Crippen molar-refractivity contribution in [3.05, 3.63) is 96.1 Å². The lowest BCUT2D eigenvalue weighted by molar-refractivity contribution is -0.143. The van der Waals surface area contributed by atoms with E-state index in [0.717, 1.165) is 11.1 Å². The highest BCUT2D eigenvalue weighted by Gasteiger charge is 2.64. The molecule has 0 aromatic heterocycles. The highest BCUT2D eigenvalue weighted by molar-refractivity contribution is 6.11. The Morgan fingerprint density at radius 2 is 1.54 bits per heavy atom. The second-order valence-electron chi connectivity index (χ2n) is 7.99. The van der Waals surface area contributed by atoms with Crippen molar-refractivity contribution in [3.8, 4) is 0 Å². The molecule has 4 aliphatic rings. The van der Waals surface area contributed by atoms with Crippen molar-refractivity contribution in [2.45, 2.75) is 25.3 Å². The second-order valence-corrected chi connectivity index (χ2v) is 7.99. The molecule has 1 aliphatic heterocycles. The number of hydrogen-bond donors (Lipinski definition) is 0. The number of benzene rings is 2. The number of imide groups is 1. The predicted molar refractivity (Wildman–Crippen MR) is 108 cm³/mol. The van der Waals surface area contributed by atoms with Crippen LogP contribution in [0.3, 0.4) is 0 Å². The first-order chi connectivity index (χ1) is 13.7. The molecule has 0 N–H and O–H groups in total. The summed E-state index contributed by atoms with van der Waals surface area (Å²) in [6, 6.07) is 19.8. The standard InChI is InChI=1S/C25H23NO2/c1-2-20(17-9-5-3-6-10-17)26-23(27)22-21(18-11-7-4-8-12-18)19-13-15-25(22,16-14-19)24(26)28/h3-16,19-22H,2H2,1H3/t19?,20?,21-,22-,25?/m1/s1. The van der Waals surface area contributed by atoms with Gasteiger partial charge in [-0.25, -0.2) is 0 Å². The van der Waals surface area contributed by atoms with Crippen LogP contribution in [0, 0.1) is 17.3 Å². The van der Waals surface area contributed by atoms with Gasteiger partial charge < -0.3 is 0 Å². The molecule has 0 radical (unpaired) electrons. The molecule has 1 unspecified atom stereocenters. The van der Waals surface area contributed by atoms with Crippen LogP contribution in [0.25, 0.3) is 0 Å². The summed E-state index contributed by atoms with van der Waals surface area (Å²) in [6.45, 7) is 2.04. The number of likely N-dealkylation sites (tertiary alicyclic amines) is 1. The zero-order chi connectivity index (χ0) is 19.3. The summed E-state index contributed by atoms with van der Waals surface area (Å²) < 4.78 is 0. The van der Waals surface area contributed by atoms with Gasteiger partial charge in [-0.05, 0) is 17.5 Å². The quantitative estimate of drug-likeness (QED) is 0.581. The van der Waals surface area contributed by atoms with Crippen LogP contribution in [0.15, 0.2) is 85.0 Å². The molecule has 3 heteroatoms. The number of carbonyl (C=O) groups is 2. The summed E-state index contributed by atoms with van der Waals surface area (Å²) in [7, 11) is 0. The molecule has 2 bridgehead atoms. The van der Waals surface area contributed by atoms with Crippen molar-refractivity contribution in [3.63, 3.8) is 0 Å². The van der Waals surface area contributed by atoms with Crippen LogP contribution in [0.5, 0.6) is 0 Å². The maximum absolute atomic E-state index is 13.7. The molecule has 3 aliphatic carbocycles. The summed E-state index contributed by atoms with van der Waals surface area (Å²) in [5.41, 5.74) is 1.31. The number of nitrogens with zero attached hydrogens (tertiary/aromatic N) is 1. The third-order valence-electron chi connectivity index (χ3n) is 6.64. The second kappa shape index (κ2) is 6.30. The van der Waals surface area contributed by atoms with Gasteiger partial charge in [0.05, 0.1) is 17.4 Å². The van der Waals surface area contributed by atoms with E-state index in [2.05, 4.69) is 24.3 Å². The normalized spacial score (nSPS) is 31.3. The molecular formula is C25H23NO2. The molecule has 1 heterocycles. The van der Waals surface area contributed by atoms with Crippen LogP contribution in [-0.4, -0.2) is 16.7 Å². The Hall–Kier alpha value is -2.94. The Balaban J connectivity index is 1.62. The van der Waals surface area contributed by atoms with Gasteiger partial charge in [-0.2, -0.15) is 0 Å². The Morgan fingerprint density at radius 3 is 2.14 bits per heavy atom. The van der Waals surface area contributed by atoms with E-state index in [0.29, 0.717) is 6.42 Å². The highest BCUT2D eigenvalue weighted by Crippen LogP contribution is 2.58. The summed E-state index contributed by atoms with van der Waals surface area (Å²) in [6.07, 6.45) is 8.91. The lowest BCUT2D eigenvalue weighted by atomic mass is 9.57. The predicted octanol–water partition coefficient (Wildman–Crippen LogP) is 4.65. The average Bonchev–Trinajstić information content (AvgIpc) is 2.98. The van der Waals surface area contributed by atoms with Crippen LogP contribution in [0.4, 0.5) is 0 Å². The largest absolute Gasteiger partial charge is 0.274 e. The minimum atomic E-state index is -0.839. The van der Waals surface area contributed by atoms with E-state index in [1.165, 1.54) is 0 Å². The maximum atomic E-state index is 13.7. The fourth-order valence-corrected chi connectivity index (χ4v) is 5.35. The molecule has 0 saturated carbocycles. The van der Waals surface area contributed by atoms with Gasteiger partial charge in [-0.15, -0.1) is 0 Å². The van der Waals surface area contributed by atoms with Crippen molar-refractivity contribution in [2.75, 3.05) is 0 Å². The molecular weight excluding hydrogens is 346 g/mol. The zero-order valence-corrected chi connectivity index (χ0v) is 15.9. The van der Waals surface area contributed by atoms with E-state index in [-0.39, 0.29) is 35.6 Å². The number of amides is 2. The van der Waals surface area contributed by atoms with Gasteiger partial charge in [0, 0.05) is 11.8 Å².